The highest BCUT2D eigenvalue weighted by Gasteiger charge is 2.50. The number of likely N-dealkylation sites (tertiary alicyclic amines) is 1. The Morgan fingerprint density at radius 3 is 2.47 bits per heavy atom. The number of aliphatic hydroxyl groups excluding tert-OH is 1. The van der Waals surface area contributed by atoms with Gasteiger partial charge in [-0.15, -0.1) is 0 Å². The summed E-state index contributed by atoms with van der Waals surface area (Å²) >= 11 is 0. The van der Waals surface area contributed by atoms with Gasteiger partial charge in [-0.3, -0.25) is 4.79 Å². The number of cyclic esters (lactones) is 2. The molecule has 1 N–H and O–H groups in total. The predicted molar refractivity (Wildman–Crippen MR) is 123 cm³/mol. The van der Waals surface area contributed by atoms with Crippen molar-refractivity contribution in [2.45, 2.75) is 64.7 Å². The lowest BCUT2D eigenvalue weighted by molar-refractivity contribution is -0.138. The Labute approximate surface area is 199 Å². The zero-order chi connectivity index (χ0) is 24.2. The normalized spacial score (nSPS) is 27.6. The molecule has 182 valence electrons. The summed E-state index contributed by atoms with van der Waals surface area (Å²) in [5.41, 5.74) is 4.13. The van der Waals surface area contributed by atoms with Crippen LogP contribution in [0.5, 0.6) is 0 Å². The Morgan fingerprint density at radius 2 is 1.79 bits per heavy atom. The molecule has 1 aromatic carbocycles. The molecule has 4 aliphatic rings. The number of esters is 2. The number of benzene rings is 1. The summed E-state index contributed by atoms with van der Waals surface area (Å²) in [5, 5.41) is 11.0. The van der Waals surface area contributed by atoms with Gasteiger partial charge in [0.05, 0.1) is 28.4 Å². The second-order valence-corrected chi connectivity index (χ2v) is 10.2. The number of nitrogens with zero attached hydrogens (tertiary/aromatic N) is 2. The summed E-state index contributed by atoms with van der Waals surface area (Å²) in [7, 11) is 2.03. The smallest absolute Gasteiger partial charge is 0.338 e. The van der Waals surface area contributed by atoms with Gasteiger partial charge in [0, 0.05) is 24.7 Å². The molecule has 1 amide bonds. The first-order valence-corrected chi connectivity index (χ1v) is 12.1. The van der Waals surface area contributed by atoms with E-state index in [9.17, 15) is 19.5 Å². The number of hydrogen-bond donors (Lipinski definition) is 1. The number of carbonyl (C=O) groups is 3. The van der Waals surface area contributed by atoms with E-state index in [2.05, 4.69) is 4.90 Å². The van der Waals surface area contributed by atoms with E-state index >= 15 is 0 Å². The second kappa shape index (κ2) is 8.50. The Hall–Kier alpha value is -2.71. The Bertz CT molecular complexity index is 1090. The average Bonchev–Trinajstić information content (AvgIpc) is 3.46. The summed E-state index contributed by atoms with van der Waals surface area (Å²) in [6.07, 6.45) is 3.55. The molecule has 0 aromatic heterocycles. The van der Waals surface area contributed by atoms with Crippen molar-refractivity contribution in [1.29, 1.82) is 0 Å². The molecular formula is C26H32N2O6. The lowest BCUT2D eigenvalue weighted by Gasteiger charge is -2.40. The molecule has 0 bridgehead atoms. The highest BCUT2D eigenvalue weighted by atomic mass is 16.5. The van der Waals surface area contributed by atoms with Crippen LogP contribution in [0.25, 0.3) is 0 Å². The van der Waals surface area contributed by atoms with Crippen LogP contribution in [0.1, 0.15) is 72.2 Å². The molecule has 3 heterocycles. The van der Waals surface area contributed by atoms with Crippen LogP contribution in [0.2, 0.25) is 0 Å². The van der Waals surface area contributed by atoms with Crippen LogP contribution in [-0.2, 0) is 25.7 Å². The Balaban J connectivity index is 1.21. The van der Waals surface area contributed by atoms with Crippen molar-refractivity contribution in [3.8, 4) is 0 Å². The minimum Gasteiger partial charge on any atom is -0.457 e. The lowest BCUT2D eigenvalue weighted by Crippen LogP contribution is -2.43. The fraction of sp³-hybridized carbons (Fsp3) is 0.577. The van der Waals surface area contributed by atoms with E-state index in [0.29, 0.717) is 30.3 Å². The van der Waals surface area contributed by atoms with Crippen molar-refractivity contribution in [2.24, 2.45) is 5.41 Å². The van der Waals surface area contributed by atoms with Gasteiger partial charge in [-0.2, -0.15) is 0 Å². The van der Waals surface area contributed by atoms with Crippen molar-refractivity contribution < 1.29 is 29.0 Å². The van der Waals surface area contributed by atoms with E-state index in [1.54, 1.807) is 17.9 Å². The number of aliphatic hydroxyl groups is 1. The van der Waals surface area contributed by atoms with Crippen molar-refractivity contribution in [2.75, 3.05) is 26.7 Å². The molecule has 1 aliphatic carbocycles. The standard InChI is InChI=1S/C26H32N2O6/c1-15-18(4-5-19-20(15)13-33-24(19)31)22(29)12-27(3)17-6-8-26(9-7-17)10-11-28(25(26)32)21-14-34-23(30)16(21)2/h4-5,17,22,29H,6-14H2,1-3H3/t17-,22-,26+/m0/s1. The van der Waals surface area contributed by atoms with Crippen LogP contribution in [-0.4, -0.2) is 65.5 Å². The number of carbonyl (C=O) groups excluding carboxylic acids is 3. The number of ether oxygens (including phenoxy) is 2. The van der Waals surface area contributed by atoms with Gasteiger partial charge in [0.15, 0.2) is 0 Å². The van der Waals surface area contributed by atoms with Gasteiger partial charge in [0.1, 0.15) is 13.2 Å². The van der Waals surface area contributed by atoms with E-state index in [1.165, 1.54) is 0 Å². The topological polar surface area (TPSA) is 96.4 Å². The molecule has 0 radical (unpaired) electrons. The quantitative estimate of drug-likeness (QED) is 0.664. The Morgan fingerprint density at radius 1 is 1.09 bits per heavy atom. The van der Waals surface area contributed by atoms with Gasteiger partial charge in [-0.1, -0.05) is 6.07 Å². The van der Waals surface area contributed by atoms with Crippen LogP contribution < -0.4 is 0 Å². The van der Waals surface area contributed by atoms with Crippen LogP contribution in [0.4, 0.5) is 0 Å². The first-order chi connectivity index (χ1) is 16.2. The largest absolute Gasteiger partial charge is 0.457 e. The first kappa shape index (κ1) is 23.1. The van der Waals surface area contributed by atoms with Gasteiger partial charge >= 0.3 is 11.9 Å². The summed E-state index contributed by atoms with van der Waals surface area (Å²) in [4.78, 5) is 40.9. The summed E-state index contributed by atoms with van der Waals surface area (Å²) < 4.78 is 10.2. The number of likely N-dealkylation sites (N-methyl/N-ethyl adjacent to an activating group) is 1. The van der Waals surface area contributed by atoms with E-state index in [0.717, 1.165) is 54.5 Å². The average molecular weight is 469 g/mol. The molecule has 1 spiro atoms. The second-order valence-electron chi connectivity index (χ2n) is 10.2. The molecular weight excluding hydrogens is 436 g/mol. The maximum atomic E-state index is 13.4. The molecule has 2 fully saturated rings. The third kappa shape index (κ3) is 3.64. The number of hydrogen-bond acceptors (Lipinski definition) is 7. The third-order valence-corrected chi connectivity index (χ3v) is 8.48. The fourth-order valence-corrected chi connectivity index (χ4v) is 6.14. The van der Waals surface area contributed by atoms with Crippen LogP contribution >= 0.6 is 0 Å². The van der Waals surface area contributed by atoms with Crippen LogP contribution in [0, 0.1) is 12.3 Å². The minimum atomic E-state index is -0.666. The van der Waals surface area contributed by atoms with Crippen molar-refractivity contribution in [3.05, 3.63) is 45.7 Å². The monoisotopic (exact) mass is 468 g/mol. The molecule has 1 aromatic rings. The van der Waals surface area contributed by atoms with Gasteiger partial charge in [-0.05, 0) is 70.2 Å². The van der Waals surface area contributed by atoms with Gasteiger partial charge in [0.25, 0.3) is 0 Å². The van der Waals surface area contributed by atoms with E-state index in [4.69, 9.17) is 9.47 Å². The zero-order valence-electron chi connectivity index (χ0n) is 20.1. The first-order valence-electron chi connectivity index (χ1n) is 12.1. The molecule has 34 heavy (non-hydrogen) atoms. The van der Waals surface area contributed by atoms with E-state index in [-0.39, 0.29) is 36.5 Å². The molecule has 8 heteroatoms. The van der Waals surface area contributed by atoms with Crippen molar-refractivity contribution >= 4 is 17.8 Å². The molecule has 3 aliphatic heterocycles. The lowest BCUT2D eigenvalue weighted by atomic mass is 9.71. The van der Waals surface area contributed by atoms with Gasteiger partial charge in [0.2, 0.25) is 5.91 Å². The molecule has 5 rings (SSSR count). The third-order valence-electron chi connectivity index (χ3n) is 8.48. The molecule has 0 unspecified atom stereocenters. The highest BCUT2D eigenvalue weighted by Crippen LogP contribution is 2.47. The van der Waals surface area contributed by atoms with Gasteiger partial charge in [-0.25, -0.2) is 9.59 Å². The Kier molecular flexibility index (Phi) is 5.76. The maximum absolute atomic E-state index is 13.4. The van der Waals surface area contributed by atoms with Crippen molar-refractivity contribution in [3.63, 3.8) is 0 Å². The molecule has 1 saturated carbocycles. The van der Waals surface area contributed by atoms with Crippen molar-refractivity contribution in [1.82, 2.24) is 9.80 Å². The van der Waals surface area contributed by atoms with E-state index < -0.39 is 6.10 Å². The highest BCUT2D eigenvalue weighted by molar-refractivity contribution is 5.94. The summed E-state index contributed by atoms with van der Waals surface area (Å²) in [5.74, 6) is -0.497. The maximum Gasteiger partial charge on any atom is 0.338 e. The zero-order valence-corrected chi connectivity index (χ0v) is 20.1. The number of rotatable bonds is 5. The molecule has 8 nitrogen and oxygen atoms in total. The summed E-state index contributed by atoms with van der Waals surface area (Å²) in [6.45, 7) is 5.25. The SMILES string of the molecule is CC1=C(N2CC[C@]3(CC[C@H](N(C)C[C@H](O)c4ccc5c(c4C)COC5=O)CC3)C2=O)COC1=O. The number of amides is 1. The minimum absolute atomic E-state index is 0.131. The van der Waals surface area contributed by atoms with Crippen LogP contribution in [0.15, 0.2) is 23.4 Å². The van der Waals surface area contributed by atoms with Crippen LogP contribution in [0.3, 0.4) is 0 Å². The van der Waals surface area contributed by atoms with E-state index in [1.807, 2.05) is 20.0 Å². The predicted octanol–water partition coefficient (Wildman–Crippen LogP) is 2.62. The molecule has 1 atom stereocenters. The number of fused-ring (bicyclic) bond motifs is 1. The van der Waals surface area contributed by atoms with Gasteiger partial charge < -0.3 is 24.4 Å². The fourth-order valence-electron chi connectivity index (χ4n) is 6.14. The molecule has 1 saturated heterocycles. The summed E-state index contributed by atoms with van der Waals surface area (Å²) in [6, 6.07) is 3.87.